The Labute approximate surface area is 72.5 Å². The summed E-state index contributed by atoms with van der Waals surface area (Å²) in [6, 6.07) is 0. The van der Waals surface area contributed by atoms with E-state index in [1.165, 1.54) is 0 Å². The van der Waals surface area contributed by atoms with Crippen molar-refractivity contribution in [1.29, 1.82) is 0 Å². The van der Waals surface area contributed by atoms with Crippen LogP contribution in [0.15, 0.2) is 12.7 Å². The molecule has 4 heteroatoms. The predicted octanol–water partition coefficient (Wildman–Crippen LogP) is -0.205. The summed E-state index contributed by atoms with van der Waals surface area (Å²) in [6.45, 7) is 6.66. The van der Waals surface area contributed by atoms with Gasteiger partial charge in [0.25, 0.3) is 0 Å². The molecule has 1 saturated heterocycles. The summed E-state index contributed by atoms with van der Waals surface area (Å²) in [6.07, 6.45) is 1.49. The van der Waals surface area contributed by atoms with Crippen LogP contribution in [0.5, 0.6) is 0 Å². The van der Waals surface area contributed by atoms with E-state index in [0.717, 1.165) is 0 Å². The van der Waals surface area contributed by atoms with Gasteiger partial charge in [-0.15, -0.1) is 6.58 Å². The highest BCUT2D eigenvalue weighted by Crippen LogP contribution is 2.32. The molecule has 0 bridgehead atoms. The molecule has 0 radical (unpaired) electrons. The Balaban J connectivity index is 2.81. The predicted molar refractivity (Wildman–Crippen MR) is 46.2 cm³/mol. The largest absolute Gasteiger partial charge is 0.366 e. The summed E-state index contributed by atoms with van der Waals surface area (Å²) in [5, 5.41) is 0. The van der Waals surface area contributed by atoms with Crippen LogP contribution < -0.4 is 11.6 Å². The van der Waals surface area contributed by atoms with E-state index in [2.05, 4.69) is 6.58 Å². The van der Waals surface area contributed by atoms with Crippen molar-refractivity contribution in [2.75, 3.05) is 13.2 Å². The van der Waals surface area contributed by atoms with Crippen molar-refractivity contribution in [1.82, 2.24) is 0 Å². The van der Waals surface area contributed by atoms with Crippen LogP contribution in [-0.2, 0) is 9.57 Å². The van der Waals surface area contributed by atoms with Gasteiger partial charge in [0.15, 0.2) is 0 Å². The number of hydrogen-bond donors (Lipinski definition) is 2. The molecule has 1 rings (SSSR count). The van der Waals surface area contributed by atoms with Crippen molar-refractivity contribution < 1.29 is 9.57 Å². The molecule has 2 unspecified atom stereocenters. The van der Waals surface area contributed by atoms with Crippen molar-refractivity contribution in [3.63, 3.8) is 0 Å². The maximum absolute atomic E-state index is 5.58. The third kappa shape index (κ3) is 1.27. The fourth-order valence-electron chi connectivity index (χ4n) is 1.62. The molecule has 0 amide bonds. The van der Waals surface area contributed by atoms with Gasteiger partial charge in [0.2, 0.25) is 0 Å². The van der Waals surface area contributed by atoms with Crippen molar-refractivity contribution in [2.45, 2.75) is 18.6 Å². The van der Waals surface area contributed by atoms with Gasteiger partial charge >= 0.3 is 0 Å². The minimum absolute atomic E-state index is 0.181. The fraction of sp³-hybridized carbons (Fsp3) is 0.750. The van der Waals surface area contributed by atoms with E-state index in [-0.39, 0.29) is 12.0 Å². The topological polar surface area (TPSA) is 70.5 Å². The summed E-state index contributed by atoms with van der Waals surface area (Å²) >= 11 is 0. The Bertz CT molecular complexity index is 174. The van der Waals surface area contributed by atoms with Crippen LogP contribution in [-0.4, -0.2) is 24.9 Å². The standard InChI is InChI=1S/C8H16N2O2/c1-3-8(5-9)7(12-10)6(2)4-11-8/h3,6-7H,1,4-5,9-10H2,2H3/t6-,7?,8?/m0/s1. The Morgan fingerprint density at radius 3 is 2.83 bits per heavy atom. The van der Waals surface area contributed by atoms with Crippen LogP contribution in [0.4, 0.5) is 0 Å². The molecule has 0 aliphatic carbocycles. The zero-order valence-electron chi connectivity index (χ0n) is 7.32. The van der Waals surface area contributed by atoms with Gasteiger partial charge in [0, 0.05) is 12.5 Å². The molecule has 4 N–H and O–H groups in total. The lowest BCUT2D eigenvalue weighted by Gasteiger charge is -2.29. The van der Waals surface area contributed by atoms with Crippen LogP contribution in [0.2, 0.25) is 0 Å². The van der Waals surface area contributed by atoms with E-state index >= 15 is 0 Å². The van der Waals surface area contributed by atoms with Gasteiger partial charge in [-0.1, -0.05) is 13.0 Å². The Morgan fingerprint density at radius 2 is 2.50 bits per heavy atom. The molecule has 12 heavy (non-hydrogen) atoms. The summed E-state index contributed by atoms with van der Waals surface area (Å²) in [5.41, 5.74) is 4.99. The van der Waals surface area contributed by atoms with Crippen LogP contribution in [0.1, 0.15) is 6.92 Å². The summed E-state index contributed by atoms with van der Waals surface area (Å²) in [5.74, 6) is 5.43. The second-order valence-corrected chi connectivity index (χ2v) is 3.21. The third-order valence-corrected chi connectivity index (χ3v) is 2.42. The van der Waals surface area contributed by atoms with Crippen molar-refractivity contribution in [2.24, 2.45) is 17.5 Å². The number of rotatable bonds is 3. The average Bonchev–Trinajstić information content (AvgIpc) is 2.43. The molecule has 0 aromatic rings. The smallest absolute Gasteiger partial charge is 0.126 e. The molecule has 70 valence electrons. The van der Waals surface area contributed by atoms with Crippen LogP contribution in [0.25, 0.3) is 0 Å². The minimum Gasteiger partial charge on any atom is -0.366 e. The number of nitrogens with two attached hydrogens (primary N) is 2. The van der Waals surface area contributed by atoms with Crippen molar-refractivity contribution in [3.8, 4) is 0 Å². The first-order valence-corrected chi connectivity index (χ1v) is 4.03. The zero-order valence-corrected chi connectivity index (χ0v) is 7.32. The van der Waals surface area contributed by atoms with E-state index in [9.17, 15) is 0 Å². The van der Waals surface area contributed by atoms with Crippen LogP contribution >= 0.6 is 0 Å². The second-order valence-electron chi connectivity index (χ2n) is 3.21. The van der Waals surface area contributed by atoms with E-state index in [0.29, 0.717) is 13.2 Å². The lowest BCUT2D eigenvalue weighted by Crippen LogP contribution is -2.48. The maximum atomic E-state index is 5.58. The maximum Gasteiger partial charge on any atom is 0.126 e. The molecule has 1 aliphatic heterocycles. The molecule has 0 aromatic heterocycles. The van der Waals surface area contributed by atoms with E-state index in [1.807, 2.05) is 6.92 Å². The van der Waals surface area contributed by atoms with Crippen LogP contribution in [0.3, 0.4) is 0 Å². The number of ether oxygens (including phenoxy) is 1. The van der Waals surface area contributed by atoms with Gasteiger partial charge in [-0.25, -0.2) is 5.90 Å². The quantitative estimate of drug-likeness (QED) is 0.456. The van der Waals surface area contributed by atoms with Gasteiger partial charge in [-0.05, 0) is 0 Å². The van der Waals surface area contributed by atoms with Gasteiger partial charge < -0.3 is 10.5 Å². The lowest BCUT2D eigenvalue weighted by molar-refractivity contribution is -0.0571. The van der Waals surface area contributed by atoms with Gasteiger partial charge in [-0.3, -0.25) is 4.84 Å². The molecular formula is C8H16N2O2. The molecule has 4 nitrogen and oxygen atoms in total. The van der Waals surface area contributed by atoms with Gasteiger partial charge in [0.1, 0.15) is 11.7 Å². The first-order valence-electron chi connectivity index (χ1n) is 4.03. The molecule has 3 atom stereocenters. The van der Waals surface area contributed by atoms with Crippen LogP contribution in [0, 0.1) is 5.92 Å². The highest BCUT2D eigenvalue weighted by atomic mass is 16.7. The van der Waals surface area contributed by atoms with Crippen molar-refractivity contribution in [3.05, 3.63) is 12.7 Å². The Kier molecular flexibility index (Phi) is 2.85. The molecule has 1 fully saturated rings. The lowest BCUT2D eigenvalue weighted by atomic mass is 9.91. The average molecular weight is 172 g/mol. The molecular weight excluding hydrogens is 156 g/mol. The first-order chi connectivity index (χ1) is 5.70. The monoisotopic (exact) mass is 172 g/mol. The minimum atomic E-state index is -0.589. The molecule has 0 saturated carbocycles. The number of hydrogen-bond acceptors (Lipinski definition) is 4. The Morgan fingerprint density at radius 1 is 1.83 bits per heavy atom. The van der Waals surface area contributed by atoms with E-state index < -0.39 is 5.60 Å². The van der Waals surface area contributed by atoms with Gasteiger partial charge in [-0.2, -0.15) is 0 Å². The molecule has 1 aliphatic rings. The third-order valence-electron chi connectivity index (χ3n) is 2.42. The first kappa shape index (κ1) is 9.67. The van der Waals surface area contributed by atoms with E-state index in [4.69, 9.17) is 21.2 Å². The SMILES string of the molecule is C=CC1(CN)OC[C@H](C)C1ON. The summed E-state index contributed by atoms with van der Waals surface area (Å²) in [4.78, 5) is 4.84. The van der Waals surface area contributed by atoms with Gasteiger partial charge in [0.05, 0.1) is 6.61 Å². The van der Waals surface area contributed by atoms with Crippen molar-refractivity contribution >= 4 is 0 Å². The molecule has 1 heterocycles. The highest BCUT2D eigenvalue weighted by Gasteiger charge is 2.46. The summed E-state index contributed by atoms with van der Waals surface area (Å²) in [7, 11) is 0. The zero-order chi connectivity index (χ0) is 9.19. The highest BCUT2D eigenvalue weighted by molar-refractivity contribution is 5.09. The molecule has 0 aromatic carbocycles. The Hall–Kier alpha value is -0.420. The normalized spacial score (nSPS) is 41.6. The second kappa shape index (κ2) is 3.53. The summed E-state index contributed by atoms with van der Waals surface area (Å²) < 4.78 is 5.51. The van der Waals surface area contributed by atoms with E-state index in [1.54, 1.807) is 6.08 Å². The molecule has 0 spiro atoms. The fourth-order valence-corrected chi connectivity index (χ4v) is 1.62.